The molecule has 26 heavy (non-hydrogen) atoms. The highest BCUT2D eigenvalue weighted by Crippen LogP contribution is 2.45. The average Bonchev–Trinajstić information content (AvgIpc) is 2.62. The normalized spacial score (nSPS) is 17.7. The number of halogens is 1. The Morgan fingerprint density at radius 2 is 1.62 bits per heavy atom. The molecule has 0 heterocycles. The maximum atomic E-state index is 12.9. The fourth-order valence-electron chi connectivity index (χ4n) is 3.71. The Bertz CT molecular complexity index is 950. The first kappa shape index (κ1) is 18.2. The minimum Gasteiger partial charge on any atom is -0.507 e. The smallest absolute Gasteiger partial charge is 0.198 e. The van der Waals surface area contributed by atoms with Crippen molar-refractivity contribution in [1.29, 1.82) is 0 Å². The molecule has 1 unspecified atom stereocenters. The summed E-state index contributed by atoms with van der Waals surface area (Å²) >= 11 is 0. The number of benzene rings is 2. The summed E-state index contributed by atoms with van der Waals surface area (Å²) in [5, 5.41) is 31.1. The molecule has 0 amide bonds. The van der Waals surface area contributed by atoms with Gasteiger partial charge in [0.05, 0.1) is 24.3 Å². The number of rotatable bonds is 1. The van der Waals surface area contributed by atoms with E-state index in [9.17, 15) is 24.9 Å². The van der Waals surface area contributed by atoms with Gasteiger partial charge in [0.15, 0.2) is 11.6 Å². The molecule has 2 aromatic carbocycles. The fourth-order valence-corrected chi connectivity index (χ4v) is 3.71. The van der Waals surface area contributed by atoms with Gasteiger partial charge in [0.2, 0.25) is 0 Å². The van der Waals surface area contributed by atoms with Crippen LogP contribution in [0.15, 0.2) is 18.2 Å². The topological polar surface area (TPSA) is 104 Å². The Balaban J connectivity index is 0.00000196. The van der Waals surface area contributed by atoms with Crippen molar-refractivity contribution in [2.75, 3.05) is 7.11 Å². The molecule has 0 fully saturated rings. The number of aromatic hydroxyl groups is 2. The number of hydrogen-bond acceptors (Lipinski definition) is 6. The van der Waals surface area contributed by atoms with Crippen LogP contribution < -0.4 is 4.74 Å². The monoisotopic (exact) mass is 376 g/mol. The first-order valence-corrected chi connectivity index (χ1v) is 7.99. The predicted octanol–water partition coefficient (Wildman–Crippen LogP) is 2.15. The molecule has 2 aliphatic rings. The summed E-state index contributed by atoms with van der Waals surface area (Å²) in [6, 6.07) is 4.50. The second-order valence-electron chi connectivity index (χ2n) is 6.37. The Morgan fingerprint density at radius 3 is 2.27 bits per heavy atom. The highest BCUT2D eigenvalue weighted by Gasteiger charge is 2.39. The zero-order valence-corrected chi connectivity index (χ0v) is 14.7. The van der Waals surface area contributed by atoms with E-state index in [0.29, 0.717) is 29.7 Å². The van der Waals surface area contributed by atoms with Crippen molar-refractivity contribution < 1.29 is 29.6 Å². The second kappa shape index (κ2) is 6.30. The van der Waals surface area contributed by atoms with Crippen LogP contribution in [0.2, 0.25) is 0 Å². The average molecular weight is 377 g/mol. The Labute approximate surface area is 155 Å². The molecule has 0 spiro atoms. The van der Waals surface area contributed by atoms with E-state index >= 15 is 0 Å². The molecular weight excluding hydrogens is 360 g/mol. The van der Waals surface area contributed by atoms with Crippen molar-refractivity contribution in [3.63, 3.8) is 0 Å². The molecule has 3 N–H and O–H groups in total. The molecule has 0 saturated carbocycles. The predicted molar refractivity (Wildman–Crippen MR) is 94.9 cm³/mol. The van der Waals surface area contributed by atoms with Crippen molar-refractivity contribution in [2.45, 2.75) is 25.4 Å². The van der Waals surface area contributed by atoms with Crippen LogP contribution in [0.1, 0.15) is 49.4 Å². The lowest BCUT2D eigenvalue weighted by molar-refractivity contribution is 0.0972. The van der Waals surface area contributed by atoms with Gasteiger partial charge in [-0.05, 0) is 31.0 Å². The Kier molecular flexibility index (Phi) is 4.42. The number of fused-ring (bicyclic) bond motifs is 3. The summed E-state index contributed by atoms with van der Waals surface area (Å²) in [4.78, 5) is 25.8. The van der Waals surface area contributed by atoms with Crippen LogP contribution in [-0.4, -0.2) is 40.1 Å². The number of ether oxygens (including phenoxy) is 1. The standard InChI is InChI=1S/C19H16O6.ClH/c1-25-9-3-5-11-13(7-9)19(24)15-14(17(11)22)16(21)10-4-2-8(20)6-12(10)18(15)23;/h3,5,7-8,20-21,23H,2,4,6H2,1H3;1H. The highest BCUT2D eigenvalue weighted by atomic mass is 35.5. The van der Waals surface area contributed by atoms with Gasteiger partial charge in [0.1, 0.15) is 17.2 Å². The van der Waals surface area contributed by atoms with Crippen molar-refractivity contribution >= 4 is 24.0 Å². The lowest BCUT2D eigenvalue weighted by Crippen LogP contribution is -2.25. The van der Waals surface area contributed by atoms with E-state index in [1.165, 1.54) is 19.2 Å². The van der Waals surface area contributed by atoms with Gasteiger partial charge in [-0.25, -0.2) is 0 Å². The summed E-state index contributed by atoms with van der Waals surface area (Å²) in [6.07, 6.45) is 0.237. The number of aliphatic hydroxyl groups is 1. The third kappa shape index (κ3) is 2.37. The van der Waals surface area contributed by atoms with Gasteiger partial charge in [-0.2, -0.15) is 0 Å². The van der Waals surface area contributed by atoms with Gasteiger partial charge < -0.3 is 20.1 Å². The first-order chi connectivity index (χ1) is 11.9. The number of hydrogen-bond donors (Lipinski definition) is 3. The van der Waals surface area contributed by atoms with Gasteiger partial charge >= 0.3 is 0 Å². The first-order valence-electron chi connectivity index (χ1n) is 7.99. The Morgan fingerprint density at radius 1 is 1.00 bits per heavy atom. The van der Waals surface area contributed by atoms with E-state index < -0.39 is 17.7 Å². The van der Waals surface area contributed by atoms with Crippen LogP contribution in [0.3, 0.4) is 0 Å². The molecular formula is C19H17ClO6. The summed E-state index contributed by atoms with van der Waals surface area (Å²) < 4.78 is 5.10. The van der Waals surface area contributed by atoms with Crippen LogP contribution in [0, 0.1) is 0 Å². The van der Waals surface area contributed by atoms with Crippen molar-refractivity contribution in [3.8, 4) is 17.2 Å². The maximum absolute atomic E-state index is 12.9. The minimum absolute atomic E-state index is 0. The zero-order valence-electron chi connectivity index (χ0n) is 13.9. The molecule has 136 valence electrons. The zero-order chi connectivity index (χ0) is 17.9. The van der Waals surface area contributed by atoms with Crippen LogP contribution in [0.25, 0.3) is 0 Å². The number of aliphatic hydroxyl groups excluding tert-OH is 1. The molecule has 0 radical (unpaired) electrons. The third-order valence-electron chi connectivity index (χ3n) is 5.00. The van der Waals surface area contributed by atoms with E-state index in [4.69, 9.17) is 4.74 Å². The van der Waals surface area contributed by atoms with Gasteiger partial charge in [0, 0.05) is 28.7 Å². The largest absolute Gasteiger partial charge is 0.507 e. The molecule has 2 aliphatic carbocycles. The van der Waals surface area contributed by atoms with Gasteiger partial charge in [-0.1, -0.05) is 0 Å². The molecule has 0 aliphatic heterocycles. The number of carbonyl (C=O) groups excluding carboxylic acids is 2. The number of phenols is 2. The maximum Gasteiger partial charge on any atom is 0.198 e. The van der Waals surface area contributed by atoms with E-state index in [1.807, 2.05) is 0 Å². The highest BCUT2D eigenvalue weighted by molar-refractivity contribution is 6.30. The minimum atomic E-state index is -0.655. The molecule has 6 nitrogen and oxygen atoms in total. The van der Waals surface area contributed by atoms with Gasteiger partial charge in [-0.3, -0.25) is 9.59 Å². The lowest BCUT2D eigenvalue weighted by atomic mass is 9.77. The molecule has 0 aromatic heterocycles. The van der Waals surface area contributed by atoms with Crippen LogP contribution >= 0.6 is 12.4 Å². The summed E-state index contributed by atoms with van der Waals surface area (Å²) in [5.41, 5.74) is 0.709. The van der Waals surface area contributed by atoms with E-state index in [0.717, 1.165) is 0 Å². The van der Waals surface area contributed by atoms with E-state index in [2.05, 4.69) is 0 Å². The molecule has 7 heteroatoms. The number of ketones is 2. The molecule has 4 rings (SSSR count). The SMILES string of the molecule is COc1ccc2c(c1)C(=O)c1c(O)c3c(c(O)c1C2=O)CCC(O)C3.Cl. The van der Waals surface area contributed by atoms with Gasteiger partial charge in [0.25, 0.3) is 0 Å². The summed E-state index contributed by atoms with van der Waals surface area (Å²) in [6.45, 7) is 0. The van der Waals surface area contributed by atoms with Crippen molar-refractivity contribution in [1.82, 2.24) is 0 Å². The summed E-state index contributed by atoms with van der Waals surface area (Å²) in [7, 11) is 1.45. The second-order valence-corrected chi connectivity index (χ2v) is 6.37. The Hall–Kier alpha value is -2.57. The van der Waals surface area contributed by atoms with Crippen LogP contribution in [0.4, 0.5) is 0 Å². The van der Waals surface area contributed by atoms with Gasteiger partial charge in [-0.15, -0.1) is 12.4 Å². The van der Waals surface area contributed by atoms with Crippen molar-refractivity contribution in [3.05, 3.63) is 51.6 Å². The molecule has 2 aromatic rings. The third-order valence-corrected chi connectivity index (χ3v) is 5.00. The molecule has 0 saturated heterocycles. The summed E-state index contributed by atoms with van der Waals surface area (Å²) in [5.74, 6) is -1.23. The lowest BCUT2D eigenvalue weighted by Gasteiger charge is -2.27. The molecule has 1 atom stereocenters. The van der Waals surface area contributed by atoms with E-state index in [1.54, 1.807) is 6.07 Å². The molecule has 0 bridgehead atoms. The van der Waals surface area contributed by atoms with Crippen LogP contribution in [-0.2, 0) is 12.8 Å². The fraction of sp³-hybridized carbons (Fsp3) is 0.263. The number of methoxy groups -OCH3 is 1. The number of carbonyl (C=O) groups is 2. The van der Waals surface area contributed by atoms with Crippen molar-refractivity contribution in [2.24, 2.45) is 0 Å². The quantitative estimate of drug-likeness (QED) is 0.562. The number of phenolic OH excluding ortho intramolecular Hbond substituents is 2. The van der Waals surface area contributed by atoms with E-state index in [-0.39, 0.29) is 52.6 Å². The van der Waals surface area contributed by atoms with Crippen LogP contribution in [0.5, 0.6) is 17.2 Å².